The number of benzene rings is 2. The van der Waals surface area contributed by atoms with Crippen LogP contribution >= 0.6 is 0 Å². The quantitative estimate of drug-likeness (QED) is 0.884. The molecule has 0 fully saturated rings. The Bertz CT molecular complexity index is 677. The topological polar surface area (TPSA) is 44.5 Å². The molecule has 0 heterocycles. The molecule has 1 atom stereocenters. The molecule has 2 N–H and O–H groups in total. The molecule has 0 amide bonds. The van der Waals surface area contributed by atoms with Gasteiger partial charge in [-0.15, -0.1) is 0 Å². The lowest BCUT2D eigenvalue weighted by atomic mass is 9.90. The van der Waals surface area contributed by atoms with E-state index in [9.17, 15) is 0 Å². The average Bonchev–Trinajstić information content (AvgIpc) is 2.67. The third-order valence-electron chi connectivity index (χ3n) is 4.72. The van der Waals surface area contributed by atoms with Crippen LogP contribution in [0, 0.1) is 0 Å². The van der Waals surface area contributed by atoms with Gasteiger partial charge in [0.05, 0.1) is 0 Å². The maximum Gasteiger partial charge on any atom is 0.222 e. The zero-order valence-electron chi connectivity index (χ0n) is 13.4. The lowest BCUT2D eigenvalue weighted by Gasteiger charge is -2.33. The first-order valence-electron chi connectivity index (χ1n) is 7.74. The van der Waals surface area contributed by atoms with Crippen LogP contribution in [-0.4, -0.2) is 14.2 Å². The van der Waals surface area contributed by atoms with E-state index in [1.54, 1.807) is 14.2 Å². The van der Waals surface area contributed by atoms with Crippen molar-refractivity contribution in [2.45, 2.75) is 31.6 Å². The van der Waals surface area contributed by atoms with Crippen molar-refractivity contribution in [2.24, 2.45) is 5.73 Å². The average molecular weight is 297 g/mol. The summed E-state index contributed by atoms with van der Waals surface area (Å²) in [7, 11) is 3.39. The van der Waals surface area contributed by atoms with E-state index in [-0.39, 0.29) is 6.04 Å². The van der Waals surface area contributed by atoms with Crippen molar-refractivity contribution in [3.05, 3.63) is 70.3 Å². The second kappa shape index (κ2) is 5.84. The summed E-state index contributed by atoms with van der Waals surface area (Å²) < 4.78 is 11.9. The standard InChI is InChI=1S/C19H23NO2/c1-4-13-8-7-11-17-15(13)12-18(20)14-9-5-6-10-16(14)19(17,21-2)22-3/h5-11,18H,4,12,20H2,1-3H3. The van der Waals surface area contributed by atoms with Gasteiger partial charge in [-0.2, -0.15) is 0 Å². The van der Waals surface area contributed by atoms with Crippen LogP contribution in [0.25, 0.3) is 0 Å². The molecule has 0 bridgehead atoms. The highest BCUT2D eigenvalue weighted by molar-refractivity contribution is 5.50. The Morgan fingerprint density at radius 2 is 1.73 bits per heavy atom. The molecule has 3 nitrogen and oxygen atoms in total. The normalized spacial score (nSPS) is 19.2. The summed E-state index contributed by atoms with van der Waals surface area (Å²) in [6.45, 7) is 2.17. The van der Waals surface area contributed by atoms with E-state index in [4.69, 9.17) is 15.2 Å². The molecule has 2 aromatic rings. The van der Waals surface area contributed by atoms with Gasteiger partial charge >= 0.3 is 0 Å². The van der Waals surface area contributed by atoms with Gasteiger partial charge in [-0.25, -0.2) is 0 Å². The van der Waals surface area contributed by atoms with Crippen molar-refractivity contribution in [3.8, 4) is 0 Å². The third-order valence-corrected chi connectivity index (χ3v) is 4.72. The largest absolute Gasteiger partial charge is 0.346 e. The number of ether oxygens (including phenoxy) is 2. The van der Waals surface area contributed by atoms with Crippen LogP contribution in [0.3, 0.4) is 0 Å². The van der Waals surface area contributed by atoms with Crippen molar-refractivity contribution in [2.75, 3.05) is 14.2 Å². The molecule has 0 aromatic heterocycles. The maximum absolute atomic E-state index is 6.50. The molecule has 1 aliphatic carbocycles. The summed E-state index contributed by atoms with van der Waals surface area (Å²) in [6, 6.07) is 14.4. The predicted octanol–water partition coefficient (Wildman–Crippen LogP) is 3.30. The molecular weight excluding hydrogens is 274 g/mol. The predicted molar refractivity (Wildman–Crippen MR) is 87.7 cm³/mol. The number of hydrogen-bond acceptors (Lipinski definition) is 3. The minimum atomic E-state index is -0.898. The molecule has 3 heteroatoms. The van der Waals surface area contributed by atoms with Gasteiger partial charge in [0.25, 0.3) is 0 Å². The molecule has 0 aliphatic heterocycles. The van der Waals surface area contributed by atoms with Crippen molar-refractivity contribution in [1.29, 1.82) is 0 Å². The highest BCUT2D eigenvalue weighted by Gasteiger charge is 2.41. The van der Waals surface area contributed by atoms with Crippen LogP contribution in [0.2, 0.25) is 0 Å². The molecule has 0 spiro atoms. The van der Waals surface area contributed by atoms with E-state index in [1.807, 2.05) is 12.1 Å². The first-order chi connectivity index (χ1) is 10.7. The van der Waals surface area contributed by atoms with Crippen molar-refractivity contribution in [1.82, 2.24) is 0 Å². The molecule has 2 aromatic carbocycles. The molecule has 116 valence electrons. The Kier molecular flexibility index (Phi) is 4.04. The van der Waals surface area contributed by atoms with Crippen LogP contribution in [0.4, 0.5) is 0 Å². The van der Waals surface area contributed by atoms with E-state index in [0.717, 1.165) is 29.5 Å². The van der Waals surface area contributed by atoms with E-state index in [1.165, 1.54) is 11.1 Å². The maximum atomic E-state index is 6.50. The molecule has 1 unspecified atom stereocenters. The smallest absolute Gasteiger partial charge is 0.222 e. The van der Waals surface area contributed by atoms with Gasteiger partial charge in [0.2, 0.25) is 5.79 Å². The van der Waals surface area contributed by atoms with E-state index in [0.29, 0.717) is 0 Å². The molecular formula is C19H23NO2. The van der Waals surface area contributed by atoms with Gasteiger partial charge in [0.1, 0.15) is 0 Å². The fourth-order valence-electron chi connectivity index (χ4n) is 3.63. The molecule has 0 radical (unpaired) electrons. The minimum absolute atomic E-state index is 0.0603. The summed E-state index contributed by atoms with van der Waals surface area (Å²) in [4.78, 5) is 0. The second-order valence-corrected chi connectivity index (χ2v) is 5.72. The number of nitrogens with two attached hydrogens (primary N) is 1. The van der Waals surface area contributed by atoms with E-state index in [2.05, 4.69) is 37.3 Å². The molecule has 1 aliphatic rings. The van der Waals surface area contributed by atoms with Gasteiger partial charge in [-0.1, -0.05) is 49.4 Å². The fourth-order valence-corrected chi connectivity index (χ4v) is 3.63. The highest BCUT2D eigenvalue weighted by Crippen LogP contribution is 2.43. The van der Waals surface area contributed by atoms with Crippen LogP contribution in [0.15, 0.2) is 42.5 Å². The van der Waals surface area contributed by atoms with Crippen molar-refractivity contribution in [3.63, 3.8) is 0 Å². The summed E-state index contributed by atoms with van der Waals surface area (Å²) in [6.07, 6.45) is 1.76. The molecule has 0 saturated carbocycles. The van der Waals surface area contributed by atoms with E-state index >= 15 is 0 Å². The summed E-state index contributed by atoms with van der Waals surface area (Å²) in [5.41, 5.74) is 12.2. The van der Waals surface area contributed by atoms with Gasteiger partial charge in [-0.3, -0.25) is 0 Å². The number of methoxy groups -OCH3 is 2. The SMILES string of the molecule is CCc1cccc2c1CC(N)c1ccccc1C2(OC)OC. The van der Waals surface area contributed by atoms with Crippen LogP contribution in [0.5, 0.6) is 0 Å². The summed E-state index contributed by atoms with van der Waals surface area (Å²) >= 11 is 0. The number of aryl methyl sites for hydroxylation is 1. The number of fused-ring (bicyclic) bond motifs is 2. The zero-order chi connectivity index (χ0) is 15.7. The van der Waals surface area contributed by atoms with E-state index < -0.39 is 5.79 Å². The van der Waals surface area contributed by atoms with Gasteiger partial charge in [0.15, 0.2) is 0 Å². The van der Waals surface area contributed by atoms with Crippen LogP contribution in [-0.2, 0) is 28.1 Å². The zero-order valence-corrected chi connectivity index (χ0v) is 13.4. The Morgan fingerprint density at radius 3 is 2.41 bits per heavy atom. The monoisotopic (exact) mass is 297 g/mol. The molecule has 0 saturated heterocycles. The first-order valence-corrected chi connectivity index (χ1v) is 7.74. The first kappa shape index (κ1) is 15.2. The Hall–Kier alpha value is -1.68. The van der Waals surface area contributed by atoms with Crippen molar-refractivity contribution < 1.29 is 9.47 Å². The van der Waals surface area contributed by atoms with Gasteiger partial charge in [-0.05, 0) is 29.5 Å². The molecule has 22 heavy (non-hydrogen) atoms. The molecule has 3 rings (SSSR count). The van der Waals surface area contributed by atoms with Crippen molar-refractivity contribution >= 4 is 0 Å². The Labute approximate surface area is 132 Å². The second-order valence-electron chi connectivity index (χ2n) is 5.72. The number of rotatable bonds is 3. The van der Waals surface area contributed by atoms with Crippen LogP contribution < -0.4 is 5.73 Å². The summed E-state index contributed by atoms with van der Waals surface area (Å²) in [5.74, 6) is -0.898. The lowest BCUT2D eigenvalue weighted by Crippen LogP contribution is -2.33. The lowest BCUT2D eigenvalue weighted by molar-refractivity contribution is -0.184. The minimum Gasteiger partial charge on any atom is -0.346 e. The van der Waals surface area contributed by atoms with Crippen LogP contribution in [0.1, 0.15) is 40.8 Å². The van der Waals surface area contributed by atoms with Gasteiger partial charge in [0, 0.05) is 31.4 Å². The summed E-state index contributed by atoms with van der Waals surface area (Å²) in [5, 5.41) is 0. The Balaban J connectivity index is 2.37. The third kappa shape index (κ3) is 2.09. The fraction of sp³-hybridized carbons (Fsp3) is 0.368. The Morgan fingerprint density at radius 1 is 1.05 bits per heavy atom. The van der Waals surface area contributed by atoms with Gasteiger partial charge < -0.3 is 15.2 Å². The number of hydrogen-bond donors (Lipinski definition) is 1. The highest BCUT2D eigenvalue weighted by atomic mass is 16.7.